The van der Waals surface area contributed by atoms with Crippen molar-refractivity contribution in [1.82, 2.24) is 10.0 Å². The van der Waals surface area contributed by atoms with Crippen molar-refractivity contribution < 1.29 is 27.6 Å². The number of rotatable bonds is 9. The normalized spacial score (nSPS) is 11.9. The highest BCUT2D eigenvalue weighted by Crippen LogP contribution is 2.20. The summed E-state index contributed by atoms with van der Waals surface area (Å²) in [4.78, 5) is 21.5. The molecule has 0 saturated heterocycles. The van der Waals surface area contributed by atoms with E-state index >= 15 is 0 Å². The van der Waals surface area contributed by atoms with Gasteiger partial charge in [-0.1, -0.05) is 0 Å². The van der Waals surface area contributed by atoms with Gasteiger partial charge in [0.15, 0.2) is 0 Å². The first-order valence-corrected chi connectivity index (χ1v) is 9.70. The van der Waals surface area contributed by atoms with E-state index in [0.717, 1.165) is 6.07 Å². The van der Waals surface area contributed by atoms with Gasteiger partial charge in [0.25, 0.3) is 5.69 Å². The summed E-state index contributed by atoms with van der Waals surface area (Å²) in [6.07, 6.45) is -0.555. The number of non-ortho nitro benzene ring substituents is 1. The molecule has 0 spiro atoms. The first-order chi connectivity index (χ1) is 12.4. The summed E-state index contributed by atoms with van der Waals surface area (Å²) in [5.41, 5.74) is -0.481. The molecule has 0 aliphatic heterocycles. The van der Waals surface area contributed by atoms with E-state index in [1.807, 2.05) is 0 Å². The SMILES string of the molecule is Cc1cc([N+](=O)[O-])ccc1S(=O)(=O)NCCOCCNC(=O)OC(C)(C)C. The van der Waals surface area contributed by atoms with Crippen LogP contribution in [0.2, 0.25) is 0 Å². The highest BCUT2D eigenvalue weighted by molar-refractivity contribution is 7.89. The van der Waals surface area contributed by atoms with Crippen LogP contribution in [0.1, 0.15) is 26.3 Å². The number of alkyl carbamates (subject to hydrolysis) is 1. The molecule has 0 unspecified atom stereocenters. The summed E-state index contributed by atoms with van der Waals surface area (Å²) in [6.45, 7) is 7.28. The van der Waals surface area contributed by atoms with Gasteiger partial charge >= 0.3 is 6.09 Å². The number of sulfonamides is 1. The van der Waals surface area contributed by atoms with Crippen molar-refractivity contribution in [2.24, 2.45) is 0 Å². The summed E-state index contributed by atoms with van der Waals surface area (Å²) < 4.78 is 37.1. The van der Waals surface area contributed by atoms with E-state index in [2.05, 4.69) is 10.0 Å². The molecule has 0 atom stereocenters. The van der Waals surface area contributed by atoms with Crippen LogP contribution in [0, 0.1) is 17.0 Å². The monoisotopic (exact) mass is 403 g/mol. The van der Waals surface area contributed by atoms with E-state index in [0.29, 0.717) is 0 Å². The van der Waals surface area contributed by atoms with Crippen molar-refractivity contribution in [2.75, 3.05) is 26.3 Å². The van der Waals surface area contributed by atoms with Gasteiger partial charge in [-0.2, -0.15) is 0 Å². The van der Waals surface area contributed by atoms with Gasteiger partial charge in [0.2, 0.25) is 10.0 Å². The quantitative estimate of drug-likeness (QED) is 0.364. The van der Waals surface area contributed by atoms with Crippen molar-refractivity contribution in [1.29, 1.82) is 0 Å². The molecule has 0 heterocycles. The van der Waals surface area contributed by atoms with Gasteiger partial charge in [-0.25, -0.2) is 17.9 Å². The first-order valence-electron chi connectivity index (χ1n) is 8.22. The zero-order valence-electron chi connectivity index (χ0n) is 15.8. The second kappa shape index (κ2) is 9.62. The lowest BCUT2D eigenvalue weighted by Crippen LogP contribution is -2.34. The van der Waals surface area contributed by atoms with Gasteiger partial charge in [0.05, 0.1) is 23.0 Å². The fraction of sp³-hybridized carbons (Fsp3) is 0.562. The van der Waals surface area contributed by atoms with E-state index in [1.54, 1.807) is 20.8 Å². The number of benzene rings is 1. The Morgan fingerprint density at radius 2 is 1.85 bits per heavy atom. The molecule has 10 nitrogen and oxygen atoms in total. The number of ether oxygens (including phenoxy) is 2. The molecule has 1 aromatic carbocycles. The van der Waals surface area contributed by atoms with Gasteiger partial charge in [-0.3, -0.25) is 10.1 Å². The molecule has 1 rings (SSSR count). The van der Waals surface area contributed by atoms with Crippen LogP contribution in [-0.4, -0.2) is 51.3 Å². The van der Waals surface area contributed by atoms with Gasteiger partial charge in [-0.05, 0) is 39.3 Å². The minimum atomic E-state index is -3.80. The highest BCUT2D eigenvalue weighted by Gasteiger charge is 2.19. The number of nitro benzene ring substituents is 1. The molecule has 2 N–H and O–H groups in total. The third-order valence-electron chi connectivity index (χ3n) is 3.11. The molecule has 11 heteroatoms. The summed E-state index contributed by atoms with van der Waals surface area (Å²) in [6, 6.07) is 3.54. The van der Waals surface area contributed by atoms with Gasteiger partial charge in [0.1, 0.15) is 5.60 Å². The Morgan fingerprint density at radius 3 is 2.41 bits per heavy atom. The molecule has 0 aliphatic carbocycles. The number of nitrogens with zero attached hydrogens (tertiary/aromatic N) is 1. The van der Waals surface area contributed by atoms with E-state index in [4.69, 9.17) is 9.47 Å². The van der Waals surface area contributed by atoms with Crippen LogP contribution in [0.25, 0.3) is 0 Å². The van der Waals surface area contributed by atoms with Gasteiger partial charge in [0, 0.05) is 25.2 Å². The van der Waals surface area contributed by atoms with E-state index in [9.17, 15) is 23.3 Å². The predicted molar refractivity (Wildman–Crippen MR) is 98.1 cm³/mol. The third-order valence-corrected chi connectivity index (χ3v) is 4.73. The number of aryl methyl sites for hydroxylation is 1. The van der Waals surface area contributed by atoms with Gasteiger partial charge in [-0.15, -0.1) is 0 Å². The highest BCUT2D eigenvalue weighted by atomic mass is 32.2. The second-order valence-electron chi connectivity index (χ2n) is 6.65. The van der Waals surface area contributed by atoms with Crippen molar-refractivity contribution in [3.05, 3.63) is 33.9 Å². The zero-order chi connectivity index (χ0) is 20.7. The Bertz CT molecular complexity index is 773. The predicted octanol–water partition coefficient (Wildman–Crippen LogP) is 1.72. The van der Waals surface area contributed by atoms with Crippen LogP contribution in [0.4, 0.5) is 10.5 Å². The summed E-state index contributed by atoms with van der Waals surface area (Å²) in [5.74, 6) is 0. The average molecular weight is 403 g/mol. The fourth-order valence-corrected chi connectivity index (χ4v) is 3.25. The first kappa shape index (κ1) is 22.8. The Hall–Kier alpha value is -2.24. The molecule has 0 fully saturated rings. The number of nitro groups is 1. The Morgan fingerprint density at radius 1 is 1.22 bits per heavy atom. The molecule has 1 aromatic rings. The molecule has 0 saturated carbocycles. The van der Waals surface area contributed by atoms with E-state index < -0.39 is 26.6 Å². The molecular formula is C16H25N3O7S. The lowest BCUT2D eigenvalue weighted by atomic mass is 10.2. The van der Waals surface area contributed by atoms with E-state index in [-0.39, 0.29) is 42.4 Å². The van der Waals surface area contributed by atoms with Crippen LogP contribution in [-0.2, 0) is 19.5 Å². The van der Waals surface area contributed by atoms with Crippen LogP contribution in [0.3, 0.4) is 0 Å². The number of hydrogen-bond acceptors (Lipinski definition) is 7. The van der Waals surface area contributed by atoms with Crippen molar-refractivity contribution in [3.63, 3.8) is 0 Å². The minimum absolute atomic E-state index is 0.0190. The van der Waals surface area contributed by atoms with Crippen LogP contribution in [0.5, 0.6) is 0 Å². The van der Waals surface area contributed by atoms with Gasteiger partial charge < -0.3 is 14.8 Å². The maximum Gasteiger partial charge on any atom is 0.407 e. The second-order valence-corrected chi connectivity index (χ2v) is 8.38. The number of carbonyl (C=O) groups is 1. The number of hydrogen-bond donors (Lipinski definition) is 2. The minimum Gasteiger partial charge on any atom is -0.444 e. The molecule has 27 heavy (non-hydrogen) atoms. The van der Waals surface area contributed by atoms with Crippen molar-refractivity contribution >= 4 is 21.8 Å². The average Bonchev–Trinajstić information content (AvgIpc) is 2.51. The number of nitrogens with one attached hydrogen (secondary N) is 2. The molecule has 0 aliphatic rings. The summed E-state index contributed by atoms with van der Waals surface area (Å²) >= 11 is 0. The smallest absolute Gasteiger partial charge is 0.407 e. The largest absolute Gasteiger partial charge is 0.444 e. The fourth-order valence-electron chi connectivity index (χ4n) is 2.02. The van der Waals surface area contributed by atoms with Crippen LogP contribution >= 0.6 is 0 Å². The summed E-state index contributed by atoms with van der Waals surface area (Å²) in [5, 5.41) is 13.2. The van der Waals surface area contributed by atoms with Crippen molar-refractivity contribution in [2.45, 2.75) is 38.2 Å². The van der Waals surface area contributed by atoms with Crippen LogP contribution < -0.4 is 10.0 Å². The summed E-state index contributed by atoms with van der Waals surface area (Å²) in [7, 11) is -3.80. The molecular weight excluding hydrogens is 378 g/mol. The van der Waals surface area contributed by atoms with E-state index in [1.165, 1.54) is 19.1 Å². The lowest BCUT2D eigenvalue weighted by Gasteiger charge is -2.19. The Labute approximate surface area is 158 Å². The molecule has 0 bridgehead atoms. The Balaban J connectivity index is 2.35. The Kier molecular flexibility index (Phi) is 8.13. The maximum absolute atomic E-state index is 12.2. The molecule has 0 radical (unpaired) electrons. The standard InChI is InChI=1S/C16H25N3O7S/c1-12-11-13(19(21)22)5-6-14(12)27(23,24)18-8-10-25-9-7-17-15(20)26-16(2,3)4/h5-6,11,18H,7-10H2,1-4H3,(H,17,20). The van der Waals surface area contributed by atoms with Crippen LogP contribution in [0.15, 0.2) is 23.1 Å². The topological polar surface area (TPSA) is 137 Å². The number of carbonyl (C=O) groups excluding carboxylic acids is 1. The lowest BCUT2D eigenvalue weighted by molar-refractivity contribution is -0.385. The zero-order valence-corrected chi connectivity index (χ0v) is 16.6. The third kappa shape index (κ3) is 8.33. The molecule has 152 valence electrons. The number of amides is 1. The molecule has 1 amide bonds. The maximum atomic E-state index is 12.2. The molecule has 0 aromatic heterocycles. The van der Waals surface area contributed by atoms with Crippen molar-refractivity contribution in [3.8, 4) is 0 Å².